The molecule has 1 aliphatic carbocycles. The van der Waals surface area contributed by atoms with Crippen LogP contribution in [-0.4, -0.2) is 19.2 Å². The van der Waals surface area contributed by atoms with Crippen LogP contribution in [0.15, 0.2) is 24.3 Å². The smallest absolute Gasteiger partial charge is 0.338 e. The van der Waals surface area contributed by atoms with Crippen LogP contribution in [0.2, 0.25) is 0 Å². The molecule has 1 fully saturated rings. The van der Waals surface area contributed by atoms with E-state index in [2.05, 4.69) is 20.8 Å². The standard InChI is InChI=1S/C18H26O3/c1-12(2)16-10-5-13(3)11-17(16)21-18(19)14-6-8-15(20-4)9-7-14/h6-9,12-13,16-17H,5,10-11H2,1-4H3/t13-,16+,17+/m1/s1. The van der Waals surface area contributed by atoms with Crippen LogP contribution in [-0.2, 0) is 4.74 Å². The van der Waals surface area contributed by atoms with Gasteiger partial charge in [-0.25, -0.2) is 4.79 Å². The highest BCUT2D eigenvalue weighted by atomic mass is 16.5. The zero-order chi connectivity index (χ0) is 15.4. The molecule has 0 amide bonds. The van der Waals surface area contributed by atoms with E-state index in [0.717, 1.165) is 18.6 Å². The molecule has 3 nitrogen and oxygen atoms in total. The quantitative estimate of drug-likeness (QED) is 0.775. The van der Waals surface area contributed by atoms with Crippen LogP contribution in [0, 0.1) is 17.8 Å². The fourth-order valence-electron chi connectivity index (χ4n) is 3.18. The number of methoxy groups -OCH3 is 1. The van der Waals surface area contributed by atoms with Crippen LogP contribution in [0.25, 0.3) is 0 Å². The molecule has 0 aromatic heterocycles. The summed E-state index contributed by atoms with van der Waals surface area (Å²) in [6.07, 6.45) is 3.41. The molecule has 3 atom stereocenters. The van der Waals surface area contributed by atoms with E-state index in [0.29, 0.717) is 23.3 Å². The van der Waals surface area contributed by atoms with Gasteiger partial charge in [0.2, 0.25) is 0 Å². The maximum atomic E-state index is 12.3. The fraction of sp³-hybridized carbons (Fsp3) is 0.611. The van der Waals surface area contributed by atoms with Crippen molar-refractivity contribution in [1.82, 2.24) is 0 Å². The van der Waals surface area contributed by atoms with E-state index in [-0.39, 0.29) is 12.1 Å². The minimum absolute atomic E-state index is 0.0448. The molecule has 0 aliphatic heterocycles. The average Bonchev–Trinajstić information content (AvgIpc) is 2.47. The third kappa shape index (κ3) is 3.99. The Kier molecular flexibility index (Phi) is 5.27. The Bertz CT molecular complexity index is 464. The molecule has 0 spiro atoms. The summed E-state index contributed by atoms with van der Waals surface area (Å²) >= 11 is 0. The van der Waals surface area contributed by atoms with E-state index in [1.165, 1.54) is 6.42 Å². The van der Waals surface area contributed by atoms with Crippen molar-refractivity contribution in [2.45, 2.75) is 46.1 Å². The zero-order valence-corrected chi connectivity index (χ0v) is 13.5. The van der Waals surface area contributed by atoms with Gasteiger partial charge in [0.25, 0.3) is 0 Å². The molecule has 3 heteroatoms. The lowest BCUT2D eigenvalue weighted by atomic mass is 9.75. The Labute approximate surface area is 127 Å². The van der Waals surface area contributed by atoms with Gasteiger partial charge in [0.05, 0.1) is 12.7 Å². The molecule has 1 aromatic carbocycles. The molecule has 0 radical (unpaired) electrons. The first-order valence-electron chi connectivity index (χ1n) is 7.86. The van der Waals surface area contributed by atoms with Crippen LogP contribution in [0.1, 0.15) is 50.4 Å². The van der Waals surface area contributed by atoms with E-state index in [4.69, 9.17) is 9.47 Å². The van der Waals surface area contributed by atoms with Gasteiger partial charge in [-0.05, 0) is 54.9 Å². The number of hydrogen-bond acceptors (Lipinski definition) is 3. The highest BCUT2D eigenvalue weighted by Gasteiger charge is 2.33. The highest BCUT2D eigenvalue weighted by molar-refractivity contribution is 5.89. The van der Waals surface area contributed by atoms with E-state index in [1.54, 1.807) is 31.4 Å². The van der Waals surface area contributed by atoms with Crippen molar-refractivity contribution < 1.29 is 14.3 Å². The topological polar surface area (TPSA) is 35.5 Å². The average molecular weight is 290 g/mol. The minimum Gasteiger partial charge on any atom is -0.497 e. The third-order valence-electron chi connectivity index (χ3n) is 4.55. The normalized spacial score (nSPS) is 25.7. The number of carbonyl (C=O) groups excluding carboxylic acids is 1. The Morgan fingerprint density at radius 3 is 2.43 bits per heavy atom. The summed E-state index contributed by atoms with van der Waals surface area (Å²) in [5.74, 6) is 2.18. The molecule has 1 aromatic rings. The Morgan fingerprint density at radius 1 is 1.19 bits per heavy atom. The SMILES string of the molecule is COc1ccc(C(=O)O[C@H]2C[C@H](C)CC[C@H]2C(C)C)cc1. The molecule has 116 valence electrons. The predicted octanol–water partition coefficient (Wildman–Crippen LogP) is 4.31. The third-order valence-corrected chi connectivity index (χ3v) is 4.55. The molecule has 0 N–H and O–H groups in total. The van der Waals surface area contributed by atoms with E-state index in [9.17, 15) is 4.79 Å². The molecule has 0 heterocycles. The monoisotopic (exact) mass is 290 g/mol. The van der Waals surface area contributed by atoms with Gasteiger partial charge in [0.1, 0.15) is 11.9 Å². The van der Waals surface area contributed by atoms with Crippen molar-refractivity contribution in [2.75, 3.05) is 7.11 Å². The largest absolute Gasteiger partial charge is 0.497 e. The summed E-state index contributed by atoms with van der Waals surface area (Å²) in [7, 11) is 1.62. The molecule has 1 saturated carbocycles. The summed E-state index contributed by atoms with van der Waals surface area (Å²) in [6.45, 7) is 6.68. The van der Waals surface area contributed by atoms with Crippen LogP contribution in [0.5, 0.6) is 5.75 Å². The number of rotatable bonds is 4. The van der Waals surface area contributed by atoms with Crippen molar-refractivity contribution in [3.05, 3.63) is 29.8 Å². The lowest BCUT2D eigenvalue weighted by Crippen LogP contribution is -2.35. The summed E-state index contributed by atoms with van der Waals surface area (Å²) in [6, 6.07) is 7.11. The first-order valence-corrected chi connectivity index (χ1v) is 7.86. The maximum Gasteiger partial charge on any atom is 0.338 e. The van der Waals surface area contributed by atoms with Gasteiger partial charge in [-0.15, -0.1) is 0 Å². The van der Waals surface area contributed by atoms with Crippen molar-refractivity contribution >= 4 is 5.97 Å². The van der Waals surface area contributed by atoms with Crippen LogP contribution in [0.4, 0.5) is 0 Å². The van der Waals surface area contributed by atoms with Gasteiger partial charge in [-0.2, -0.15) is 0 Å². The highest BCUT2D eigenvalue weighted by Crippen LogP contribution is 2.35. The van der Waals surface area contributed by atoms with Crippen LogP contribution < -0.4 is 4.74 Å². The van der Waals surface area contributed by atoms with Gasteiger partial charge < -0.3 is 9.47 Å². The minimum atomic E-state index is -0.220. The second kappa shape index (κ2) is 6.97. The molecular formula is C18H26O3. The summed E-state index contributed by atoms with van der Waals surface area (Å²) in [4.78, 5) is 12.3. The Balaban J connectivity index is 2.04. The Morgan fingerprint density at radius 2 is 1.86 bits per heavy atom. The molecule has 21 heavy (non-hydrogen) atoms. The summed E-state index contributed by atoms with van der Waals surface area (Å²) in [5, 5.41) is 0. The van der Waals surface area contributed by atoms with E-state index < -0.39 is 0 Å². The lowest BCUT2D eigenvalue weighted by Gasteiger charge is -2.36. The van der Waals surface area contributed by atoms with Crippen molar-refractivity contribution in [3.63, 3.8) is 0 Å². The first-order chi connectivity index (χ1) is 10.0. The zero-order valence-electron chi connectivity index (χ0n) is 13.5. The number of esters is 1. The van der Waals surface area contributed by atoms with Gasteiger partial charge in [-0.3, -0.25) is 0 Å². The second-order valence-corrected chi connectivity index (χ2v) is 6.50. The predicted molar refractivity (Wildman–Crippen MR) is 83.5 cm³/mol. The van der Waals surface area contributed by atoms with Crippen molar-refractivity contribution in [3.8, 4) is 5.75 Å². The van der Waals surface area contributed by atoms with Crippen molar-refractivity contribution in [2.24, 2.45) is 17.8 Å². The molecule has 0 bridgehead atoms. The number of hydrogen-bond donors (Lipinski definition) is 0. The molecular weight excluding hydrogens is 264 g/mol. The van der Waals surface area contributed by atoms with Gasteiger partial charge in [-0.1, -0.05) is 27.2 Å². The molecule has 1 aliphatic rings. The number of benzene rings is 1. The molecule has 0 unspecified atom stereocenters. The van der Waals surface area contributed by atoms with E-state index in [1.807, 2.05) is 0 Å². The summed E-state index contributed by atoms with van der Waals surface area (Å²) in [5.41, 5.74) is 0.594. The fourth-order valence-corrected chi connectivity index (χ4v) is 3.18. The number of carbonyl (C=O) groups is 1. The van der Waals surface area contributed by atoms with Crippen molar-refractivity contribution in [1.29, 1.82) is 0 Å². The second-order valence-electron chi connectivity index (χ2n) is 6.50. The molecule has 2 rings (SSSR count). The first kappa shape index (κ1) is 15.9. The van der Waals surface area contributed by atoms with Crippen LogP contribution in [0.3, 0.4) is 0 Å². The lowest BCUT2D eigenvalue weighted by molar-refractivity contribution is -0.0174. The maximum absolute atomic E-state index is 12.3. The van der Waals surface area contributed by atoms with Gasteiger partial charge >= 0.3 is 5.97 Å². The van der Waals surface area contributed by atoms with Gasteiger partial charge in [0.15, 0.2) is 0 Å². The van der Waals surface area contributed by atoms with Gasteiger partial charge in [0, 0.05) is 0 Å². The Hall–Kier alpha value is -1.51. The molecule has 0 saturated heterocycles. The van der Waals surface area contributed by atoms with E-state index >= 15 is 0 Å². The summed E-state index contributed by atoms with van der Waals surface area (Å²) < 4.78 is 10.9. The van der Waals surface area contributed by atoms with Crippen LogP contribution >= 0.6 is 0 Å². The number of ether oxygens (including phenoxy) is 2.